The van der Waals surface area contributed by atoms with Crippen LogP contribution in [0.3, 0.4) is 0 Å². The number of aryl methyl sites for hydroxylation is 1. The van der Waals surface area contributed by atoms with E-state index in [1.54, 1.807) is 18.2 Å². The maximum Gasteiger partial charge on any atom is 0.120 e. The number of hydrogen-bond donors (Lipinski definition) is 2. The zero-order valence-electron chi connectivity index (χ0n) is 9.87. The van der Waals surface area contributed by atoms with Crippen LogP contribution < -0.4 is 5.32 Å². The van der Waals surface area contributed by atoms with Gasteiger partial charge in [-0.1, -0.05) is 40.9 Å². The number of rotatable bonds is 3. The van der Waals surface area contributed by atoms with Crippen LogP contribution in [0.15, 0.2) is 36.4 Å². The van der Waals surface area contributed by atoms with Crippen molar-refractivity contribution in [2.45, 2.75) is 13.5 Å². The normalized spacial score (nSPS) is 10.4. The van der Waals surface area contributed by atoms with Crippen LogP contribution >= 0.6 is 23.2 Å². The first-order chi connectivity index (χ1) is 8.56. The van der Waals surface area contributed by atoms with Crippen LogP contribution in [0.25, 0.3) is 0 Å². The molecule has 0 aromatic heterocycles. The smallest absolute Gasteiger partial charge is 0.120 e. The maximum absolute atomic E-state index is 9.73. The lowest BCUT2D eigenvalue weighted by Gasteiger charge is -2.10. The van der Waals surface area contributed by atoms with E-state index in [-0.39, 0.29) is 5.75 Å². The van der Waals surface area contributed by atoms with Crippen LogP contribution in [0.5, 0.6) is 5.75 Å². The zero-order valence-corrected chi connectivity index (χ0v) is 11.4. The molecule has 0 aliphatic rings. The molecule has 2 rings (SSSR count). The highest BCUT2D eigenvalue weighted by Gasteiger charge is 2.04. The number of halogens is 2. The molecule has 0 heterocycles. The summed E-state index contributed by atoms with van der Waals surface area (Å²) in [5.74, 6) is 0.276. The van der Waals surface area contributed by atoms with Crippen molar-refractivity contribution in [1.82, 2.24) is 0 Å². The largest absolute Gasteiger partial charge is 0.508 e. The van der Waals surface area contributed by atoms with Crippen LogP contribution in [-0.2, 0) is 6.54 Å². The van der Waals surface area contributed by atoms with E-state index in [9.17, 15) is 5.11 Å². The number of aromatic hydroxyl groups is 1. The monoisotopic (exact) mass is 281 g/mol. The summed E-state index contributed by atoms with van der Waals surface area (Å²) in [6, 6.07) is 10.8. The second-order valence-electron chi connectivity index (χ2n) is 4.11. The first-order valence-electron chi connectivity index (χ1n) is 5.53. The quantitative estimate of drug-likeness (QED) is 0.861. The van der Waals surface area contributed by atoms with Crippen molar-refractivity contribution >= 4 is 28.9 Å². The van der Waals surface area contributed by atoms with Crippen LogP contribution in [0, 0.1) is 6.92 Å². The van der Waals surface area contributed by atoms with E-state index >= 15 is 0 Å². The molecular formula is C14H13Cl2NO. The molecule has 18 heavy (non-hydrogen) atoms. The van der Waals surface area contributed by atoms with Crippen molar-refractivity contribution < 1.29 is 5.11 Å². The van der Waals surface area contributed by atoms with Gasteiger partial charge in [-0.25, -0.2) is 0 Å². The molecule has 0 radical (unpaired) electrons. The molecule has 0 saturated heterocycles. The van der Waals surface area contributed by atoms with Gasteiger partial charge in [0.05, 0.1) is 10.7 Å². The van der Waals surface area contributed by atoms with Gasteiger partial charge in [0.1, 0.15) is 5.75 Å². The Balaban J connectivity index is 2.13. The molecule has 2 nitrogen and oxygen atoms in total. The average Bonchev–Trinajstić information content (AvgIpc) is 2.32. The summed E-state index contributed by atoms with van der Waals surface area (Å²) >= 11 is 11.9. The van der Waals surface area contributed by atoms with Gasteiger partial charge >= 0.3 is 0 Å². The molecule has 2 aromatic rings. The van der Waals surface area contributed by atoms with E-state index in [4.69, 9.17) is 23.2 Å². The number of benzene rings is 2. The lowest BCUT2D eigenvalue weighted by atomic mass is 10.1. The fourth-order valence-electron chi connectivity index (χ4n) is 1.68. The number of phenols is 1. The summed E-state index contributed by atoms with van der Waals surface area (Å²) in [6.45, 7) is 2.49. The number of nitrogens with one attached hydrogen (secondary N) is 1. The van der Waals surface area contributed by atoms with E-state index in [1.807, 2.05) is 25.1 Å². The van der Waals surface area contributed by atoms with E-state index < -0.39 is 0 Å². The van der Waals surface area contributed by atoms with Crippen LogP contribution in [0.4, 0.5) is 5.69 Å². The van der Waals surface area contributed by atoms with Crippen molar-refractivity contribution in [3.8, 4) is 5.75 Å². The summed E-state index contributed by atoms with van der Waals surface area (Å²) < 4.78 is 0. The lowest BCUT2D eigenvalue weighted by Crippen LogP contribution is -2.00. The van der Waals surface area contributed by atoms with Gasteiger partial charge in [-0.2, -0.15) is 0 Å². The Bertz CT molecular complexity index is 570. The zero-order chi connectivity index (χ0) is 13.1. The molecule has 94 valence electrons. The van der Waals surface area contributed by atoms with Gasteiger partial charge in [0, 0.05) is 17.1 Å². The number of anilines is 1. The molecule has 0 bridgehead atoms. The summed E-state index contributed by atoms with van der Waals surface area (Å²) in [4.78, 5) is 0. The molecule has 0 saturated carbocycles. The van der Waals surface area contributed by atoms with Crippen LogP contribution in [-0.4, -0.2) is 5.11 Å². The minimum atomic E-state index is 0.276. The third-order valence-corrected chi connectivity index (χ3v) is 3.18. The van der Waals surface area contributed by atoms with Gasteiger partial charge in [0.2, 0.25) is 0 Å². The average molecular weight is 282 g/mol. The summed E-state index contributed by atoms with van der Waals surface area (Å²) in [5, 5.41) is 14.1. The minimum absolute atomic E-state index is 0.276. The fourth-order valence-corrected chi connectivity index (χ4v) is 2.15. The Morgan fingerprint density at radius 2 is 1.89 bits per heavy atom. The highest BCUT2D eigenvalue weighted by Crippen LogP contribution is 2.27. The molecule has 0 aliphatic carbocycles. The molecule has 0 aliphatic heterocycles. The topological polar surface area (TPSA) is 32.3 Å². The van der Waals surface area contributed by atoms with Gasteiger partial charge in [-0.15, -0.1) is 0 Å². The van der Waals surface area contributed by atoms with Gasteiger partial charge in [0.15, 0.2) is 0 Å². The Hall–Kier alpha value is -1.38. The SMILES string of the molecule is Cc1ccc(O)c(CNc2ccc(Cl)cc2Cl)c1. The highest BCUT2D eigenvalue weighted by molar-refractivity contribution is 6.36. The van der Waals surface area contributed by atoms with E-state index in [1.165, 1.54) is 0 Å². The van der Waals surface area contributed by atoms with E-state index in [2.05, 4.69) is 5.32 Å². The third kappa shape index (κ3) is 3.09. The second-order valence-corrected chi connectivity index (χ2v) is 4.95. The molecule has 0 fully saturated rings. The molecule has 2 N–H and O–H groups in total. The van der Waals surface area contributed by atoms with E-state index in [0.29, 0.717) is 16.6 Å². The van der Waals surface area contributed by atoms with Crippen molar-refractivity contribution in [1.29, 1.82) is 0 Å². The molecule has 4 heteroatoms. The highest BCUT2D eigenvalue weighted by atomic mass is 35.5. The molecule has 0 amide bonds. The van der Waals surface area contributed by atoms with Crippen molar-refractivity contribution in [3.63, 3.8) is 0 Å². The van der Waals surface area contributed by atoms with Gasteiger partial charge in [0.25, 0.3) is 0 Å². The molecule has 0 spiro atoms. The van der Waals surface area contributed by atoms with Gasteiger partial charge in [-0.05, 0) is 31.2 Å². The second kappa shape index (κ2) is 5.51. The maximum atomic E-state index is 9.73. The number of hydrogen-bond acceptors (Lipinski definition) is 2. The predicted octanol–water partition coefficient (Wildman–Crippen LogP) is 4.62. The van der Waals surface area contributed by atoms with E-state index in [0.717, 1.165) is 16.8 Å². The molecular weight excluding hydrogens is 269 g/mol. The Kier molecular flexibility index (Phi) is 4.00. The Labute approximate surface area is 116 Å². The molecule has 0 atom stereocenters. The summed E-state index contributed by atoms with van der Waals surface area (Å²) in [6.07, 6.45) is 0. The molecule has 0 unspecified atom stereocenters. The molecule has 2 aromatic carbocycles. The third-order valence-electron chi connectivity index (χ3n) is 2.64. The minimum Gasteiger partial charge on any atom is -0.508 e. The first kappa shape index (κ1) is 13.1. The van der Waals surface area contributed by atoms with Crippen molar-refractivity contribution in [2.75, 3.05) is 5.32 Å². The van der Waals surface area contributed by atoms with Gasteiger partial charge < -0.3 is 10.4 Å². The predicted molar refractivity (Wildman–Crippen MR) is 76.6 cm³/mol. The van der Waals surface area contributed by atoms with Crippen LogP contribution in [0.1, 0.15) is 11.1 Å². The Morgan fingerprint density at radius 3 is 2.61 bits per heavy atom. The Morgan fingerprint density at radius 1 is 1.11 bits per heavy atom. The van der Waals surface area contributed by atoms with Gasteiger partial charge in [-0.3, -0.25) is 0 Å². The summed E-state index contributed by atoms with van der Waals surface area (Å²) in [7, 11) is 0. The van der Waals surface area contributed by atoms with Crippen molar-refractivity contribution in [3.05, 3.63) is 57.6 Å². The fraction of sp³-hybridized carbons (Fsp3) is 0.143. The lowest BCUT2D eigenvalue weighted by molar-refractivity contribution is 0.469. The van der Waals surface area contributed by atoms with Crippen molar-refractivity contribution in [2.24, 2.45) is 0 Å². The standard InChI is InChI=1S/C14H13Cl2NO/c1-9-2-5-14(18)10(6-9)8-17-13-4-3-11(15)7-12(13)16/h2-7,17-18H,8H2,1H3. The summed E-state index contributed by atoms with van der Waals surface area (Å²) in [5.41, 5.74) is 2.73. The number of phenolic OH excluding ortho intramolecular Hbond substituents is 1. The first-order valence-corrected chi connectivity index (χ1v) is 6.29. The van der Waals surface area contributed by atoms with Crippen LogP contribution in [0.2, 0.25) is 10.0 Å².